The van der Waals surface area contributed by atoms with Crippen LogP contribution in [0.1, 0.15) is 26.2 Å². The van der Waals surface area contributed by atoms with Gasteiger partial charge in [-0.05, 0) is 12.8 Å². The zero-order valence-electron chi connectivity index (χ0n) is 6.38. The Labute approximate surface area is 64.6 Å². The van der Waals surface area contributed by atoms with Gasteiger partial charge in [0.25, 0.3) is 0 Å². The van der Waals surface area contributed by atoms with E-state index in [4.69, 9.17) is 5.73 Å². The molecule has 1 fully saturated rings. The van der Waals surface area contributed by atoms with Gasteiger partial charge >= 0.3 is 0 Å². The average molecular weight is 161 g/mol. The van der Waals surface area contributed by atoms with E-state index in [9.17, 15) is 4.21 Å². The van der Waals surface area contributed by atoms with Crippen molar-refractivity contribution < 1.29 is 4.21 Å². The summed E-state index contributed by atoms with van der Waals surface area (Å²) in [6, 6.07) is 0.209. The third kappa shape index (κ3) is 1.58. The van der Waals surface area contributed by atoms with Gasteiger partial charge in [0.1, 0.15) is 0 Å². The predicted molar refractivity (Wildman–Crippen MR) is 44.3 cm³/mol. The van der Waals surface area contributed by atoms with E-state index >= 15 is 0 Å². The minimum absolute atomic E-state index is 0.209. The van der Waals surface area contributed by atoms with Crippen LogP contribution in [0.15, 0.2) is 0 Å². The van der Waals surface area contributed by atoms with Crippen molar-refractivity contribution in [1.82, 2.24) is 0 Å². The summed E-state index contributed by atoms with van der Waals surface area (Å²) < 4.78 is 11.3. The predicted octanol–water partition coefficient (Wildman–Crippen LogP) is 0.635. The van der Waals surface area contributed by atoms with E-state index in [1.807, 2.05) is 6.92 Å². The van der Waals surface area contributed by atoms with Crippen LogP contribution >= 0.6 is 0 Å². The molecule has 3 unspecified atom stereocenters. The van der Waals surface area contributed by atoms with Gasteiger partial charge in [0.05, 0.1) is 0 Å². The van der Waals surface area contributed by atoms with Gasteiger partial charge in [-0.15, -0.1) is 0 Å². The normalized spacial score (nSPS) is 36.2. The lowest BCUT2D eigenvalue weighted by molar-refractivity contribution is 0.649. The van der Waals surface area contributed by atoms with Crippen molar-refractivity contribution >= 4 is 10.8 Å². The van der Waals surface area contributed by atoms with E-state index in [-0.39, 0.29) is 6.04 Å². The molecule has 3 atom stereocenters. The topological polar surface area (TPSA) is 43.1 Å². The van der Waals surface area contributed by atoms with Crippen molar-refractivity contribution in [2.45, 2.75) is 37.5 Å². The fourth-order valence-corrected chi connectivity index (χ4v) is 2.88. The van der Waals surface area contributed by atoms with Gasteiger partial charge in [0.2, 0.25) is 0 Å². The van der Waals surface area contributed by atoms with Crippen LogP contribution in [0.3, 0.4) is 0 Å². The molecule has 0 bridgehead atoms. The van der Waals surface area contributed by atoms with Crippen LogP contribution in [0, 0.1) is 0 Å². The summed E-state index contributed by atoms with van der Waals surface area (Å²) in [5.41, 5.74) is 5.76. The Kier molecular flexibility index (Phi) is 2.86. The Hall–Kier alpha value is 0.110. The Morgan fingerprint density at radius 2 is 2.30 bits per heavy atom. The SMILES string of the molecule is CCS(=O)C1CCCC1N. The fourth-order valence-electron chi connectivity index (χ4n) is 1.50. The molecule has 0 spiro atoms. The minimum Gasteiger partial charge on any atom is -0.327 e. The summed E-state index contributed by atoms with van der Waals surface area (Å²) in [7, 11) is -0.657. The summed E-state index contributed by atoms with van der Waals surface area (Å²) in [5.74, 6) is 0.762. The smallest absolute Gasteiger partial charge is 0.0498 e. The Balaban J connectivity index is 2.46. The lowest BCUT2D eigenvalue weighted by atomic mass is 10.3. The van der Waals surface area contributed by atoms with Crippen molar-refractivity contribution in [2.24, 2.45) is 5.73 Å². The van der Waals surface area contributed by atoms with Gasteiger partial charge in [-0.2, -0.15) is 0 Å². The second kappa shape index (κ2) is 3.49. The molecule has 1 aliphatic rings. The molecule has 0 radical (unpaired) electrons. The minimum atomic E-state index is -0.657. The van der Waals surface area contributed by atoms with Gasteiger partial charge in [0.15, 0.2) is 0 Å². The van der Waals surface area contributed by atoms with Crippen LogP contribution in [-0.2, 0) is 10.8 Å². The molecule has 2 nitrogen and oxygen atoms in total. The molecule has 1 aliphatic carbocycles. The summed E-state index contributed by atoms with van der Waals surface area (Å²) in [5, 5.41) is 0.296. The van der Waals surface area contributed by atoms with Crippen LogP contribution in [-0.4, -0.2) is 21.3 Å². The molecular formula is C7H15NOS. The van der Waals surface area contributed by atoms with Crippen molar-refractivity contribution in [3.63, 3.8) is 0 Å². The first-order valence-electron chi connectivity index (χ1n) is 3.88. The molecule has 1 saturated carbocycles. The molecule has 0 aromatic carbocycles. The van der Waals surface area contributed by atoms with Crippen LogP contribution in [0.25, 0.3) is 0 Å². The highest BCUT2D eigenvalue weighted by Crippen LogP contribution is 2.21. The number of hydrogen-bond donors (Lipinski definition) is 1. The van der Waals surface area contributed by atoms with Crippen molar-refractivity contribution in [3.8, 4) is 0 Å². The van der Waals surface area contributed by atoms with Crippen LogP contribution in [0.2, 0.25) is 0 Å². The maximum absolute atomic E-state index is 11.3. The summed E-state index contributed by atoms with van der Waals surface area (Å²) in [6.07, 6.45) is 3.30. The van der Waals surface area contributed by atoms with E-state index in [2.05, 4.69) is 0 Å². The molecule has 0 aromatic heterocycles. The zero-order valence-corrected chi connectivity index (χ0v) is 7.19. The summed E-state index contributed by atoms with van der Waals surface area (Å²) >= 11 is 0. The third-order valence-electron chi connectivity index (χ3n) is 2.13. The lowest BCUT2D eigenvalue weighted by Gasteiger charge is -2.12. The maximum Gasteiger partial charge on any atom is 0.0498 e. The Bertz CT molecular complexity index is 138. The molecule has 1 rings (SSSR count). The largest absolute Gasteiger partial charge is 0.327 e. The first-order valence-corrected chi connectivity index (χ1v) is 5.26. The monoisotopic (exact) mass is 161 g/mol. The van der Waals surface area contributed by atoms with Gasteiger partial charge < -0.3 is 5.73 Å². The molecule has 0 heterocycles. The molecule has 0 aromatic rings. The highest BCUT2D eigenvalue weighted by atomic mass is 32.2. The highest BCUT2D eigenvalue weighted by Gasteiger charge is 2.27. The van der Waals surface area contributed by atoms with Crippen LogP contribution in [0.5, 0.6) is 0 Å². The quantitative estimate of drug-likeness (QED) is 0.645. The summed E-state index contributed by atoms with van der Waals surface area (Å²) in [4.78, 5) is 0. The summed E-state index contributed by atoms with van der Waals surface area (Å²) in [6.45, 7) is 1.96. The first kappa shape index (κ1) is 8.21. The first-order chi connectivity index (χ1) is 4.75. The molecule has 0 aliphatic heterocycles. The maximum atomic E-state index is 11.3. The van der Waals surface area contributed by atoms with E-state index in [1.54, 1.807) is 0 Å². The number of rotatable bonds is 2. The molecule has 2 N–H and O–H groups in total. The van der Waals surface area contributed by atoms with E-state index in [1.165, 1.54) is 0 Å². The zero-order chi connectivity index (χ0) is 7.56. The second-order valence-electron chi connectivity index (χ2n) is 2.80. The van der Waals surface area contributed by atoms with Crippen LogP contribution in [0.4, 0.5) is 0 Å². The van der Waals surface area contributed by atoms with Gasteiger partial charge in [-0.1, -0.05) is 13.3 Å². The lowest BCUT2D eigenvalue weighted by Crippen LogP contribution is -2.33. The molecule has 0 saturated heterocycles. The van der Waals surface area contributed by atoms with Crippen molar-refractivity contribution in [2.75, 3.05) is 5.75 Å². The van der Waals surface area contributed by atoms with Gasteiger partial charge in [-0.25, -0.2) is 0 Å². The van der Waals surface area contributed by atoms with Crippen LogP contribution < -0.4 is 5.73 Å². The van der Waals surface area contributed by atoms with Gasteiger partial charge in [0, 0.05) is 27.8 Å². The van der Waals surface area contributed by atoms with E-state index in [0.717, 1.165) is 25.0 Å². The van der Waals surface area contributed by atoms with E-state index in [0.29, 0.717) is 5.25 Å². The molecular weight excluding hydrogens is 146 g/mol. The Morgan fingerprint density at radius 1 is 1.60 bits per heavy atom. The van der Waals surface area contributed by atoms with Gasteiger partial charge in [-0.3, -0.25) is 4.21 Å². The number of hydrogen-bond acceptors (Lipinski definition) is 2. The standard InChI is InChI=1S/C7H15NOS/c1-2-10(9)7-5-3-4-6(7)8/h6-7H,2-5,8H2,1H3. The fraction of sp³-hybridized carbons (Fsp3) is 1.00. The van der Waals surface area contributed by atoms with E-state index < -0.39 is 10.8 Å². The second-order valence-corrected chi connectivity index (χ2v) is 4.75. The molecule has 3 heteroatoms. The highest BCUT2D eigenvalue weighted by molar-refractivity contribution is 7.85. The van der Waals surface area contributed by atoms with Crippen molar-refractivity contribution in [1.29, 1.82) is 0 Å². The Morgan fingerprint density at radius 3 is 2.70 bits per heavy atom. The molecule has 0 amide bonds. The number of nitrogens with two attached hydrogens (primary N) is 1. The average Bonchev–Trinajstić information content (AvgIpc) is 2.34. The molecule has 60 valence electrons. The third-order valence-corrected chi connectivity index (χ3v) is 3.96. The van der Waals surface area contributed by atoms with Crippen molar-refractivity contribution in [3.05, 3.63) is 0 Å². The molecule has 10 heavy (non-hydrogen) atoms.